The molecule has 0 aromatic rings. The van der Waals surface area contributed by atoms with Crippen LogP contribution < -0.4 is 10.6 Å². The van der Waals surface area contributed by atoms with Crippen molar-refractivity contribution in [1.82, 2.24) is 20.4 Å². The molecule has 2 rings (SSSR count). The van der Waals surface area contributed by atoms with E-state index in [4.69, 9.17) is 9.73 Å². The smallest absolute Gasteiger partial charge is 0.224 e. The van der Waals surface area contributed by atoms with Gasteiger partial charge in [0.25, 0.3) is 0 Å². The second-order valence-electron chi connectivity index (χ2n) is 7.78. The number of likely N-dealkylation sites (tertiary alicyclic amines) is 1. The van der Waals surface area contributed by atoms with Crippen molar-refractivity contribution in [3.8, 4) is 0 Å². The molecule has 0 aliphatic carbocycles. The molecule has 0 spiro atoms. The molecule has 2 fully saturated rings. The molecule has 7 heteroatoms. The Hall–Kier alpha value is -1.34. The average Bonchev–Trinajstić information content (AvgIpc) is 3.26. The van der Waals surface area contributed by atoms with Crippen LogP contribution in [-0.2, 0) is 9.53 Å². The number of ether oxygens (including phenoxy) is 1. The minimum Gasteiger partial charge on any atom is -0.379 e. The molecule has 0 bridgehead atoms. The Balaban J connectivity index is 1.89. The maximum absolute atomic E-state index is 12.2. The molecule has 2 saturated heterocycles. The Bertz CT molecular complexity index is 469. The number of nitrogens with zero attached hydrogens (tertiary/aromatic N) is 3. The van der Waals surface area contributed by atoms with Crippen molar-refractivity contribution in [2.24, 2.45) is 10.9 Å². The van der Waals surface area contributed by atoms with E-state index >= 15 is 0 Å². The van der Waals surface area contributed by atoms with Crippen LogP contribution >= 0.6 is 0 Å². The van der Waals surface area contributed by atoms with Crippen LogP contribution in [0.3, 0.4) is 0 Å². The van der Waals surface area contributed by atoms with Crippen molar-refractivity contribution < 1.29 is 9.53 Å². The SMILES string of the molecule is CCNC(=NCC(C(CC)CC)N1CCOCC1)NCCC(=O)N1CCCC1. The summed E-state index contributed by atoms with van der Waals surface area (Å²) in [5, 5.41) is 6.69. The Morgan fingerprint density at radius 1 is 1.04 bits per heavy atom. The lowest BCUT2D eigenvalue weighted by Crippen LogP contribution is -2.49. The molecule has 2 aliphatic rings. The molecule has 2 aliphatic heterocycles. The van der Waals surface area contributed by atoms with Gasteiger partial charge in [-0.15, -0.1) is 0 Å². The van der Waals surface area contributed by atoms with E-state index in [0.29, 0.717) is 24.9 Å². The summed E-state index contributed by atoms with van der Waals surface area (Å²) in [6.45, 7) is 14.3. The number of hydrogen-bond donors (Lipinski definition) is 2. The molecular weight excluding hydrogens is 354 g/mol. The van der Waals surface area contributed by atoms with E-state index in [-0.39, 0.29) is 5.91 Å². The summed E-state index contributed by atoms with van der Waals surface area (Å²) in [5.74, 6) is 1.71. The van der Waals surface area contributed by atoms with E-state index in [1.807, 2.05) is 4.90 Å². The van der Waals surface area contributed by atoms with Crippen molar-refractivity contribution in [1.29, 1.82) is 0 Å². The quantitative estimate of drug-likeness (QED) is 0.435. The third kappa shape index (κ3) is 7.24. The molecule has 0 aromatic carbocycles. The summed E-state index contributed by atoms with van der Waals surface area (Å²) in [6.07, 6.45) is 5.15. The van der Waals surface area contributed by atoms with Gasteiger partial charge in [0.1, 0.15) is 0 Å². The molecule has 1 unspecified atom stereocenters. The third-order valence-corrected chi connectivity index (χ3v) is 5.98. The number of aliphatic imine (C=N–C) groups is 1. The normalized spacial score (nSPS) is 19.9. The first-order chi connectivity index (χ1) is 13.7. The first-order valence-corrected chi connectivity index (χ1v) is 11.3. The van der Waals surface area contributed by atoms with Gasteiger partial charge in [0.2, 0.25) is 5.91 Å². The molecule has 1 atom stereocenters. The summed E-state index contributed by atoms with van der Waals surface area (Å²) in [4.78, 5) is 21.6. The predicted octanol–water partition coefficient (Wildman–Crippen LogP) is 1.69. The Morgan fingerprint density at radius 3 is 2.32 bits per heavy atom. The minimum atomic E-state index is 0.254. The van der Waals surface area contributed by atoms with E-state index in [1.165, 1.54) is 12.8 Å². The fraction of sp³-hybridized carbons (Fsp3) is 0.905. The van der Waals surface area contributed by atoms with Crippen LogP contribution in [0.2, 0.25) is 0 Å². The van der Waals surface area contributed by atoms with Gasteiger partial charge in [0.05, 0.1) is 19.8 Å². The molecule has 28 heavy (non-hydrogen) atoms. The lowest BCUT2D eigenvalue weighted by atomic mass is 9.92. The number of guanidine groups is 1. The second-order valence-corrected chi connectivity index (χ2v) is 7.78. The number of carbonyl (C=O) groups is 1. The maximum Gasteiger partial charge on any atom is 0.224 e. The Kier molecular flexibility index (Phi) is 10.6. The molecule has 0 radical (unpaired) electrons. The maximum atomic E-state index is 12.2. The van der Waals surface area contributed by atoms with Crippen LogP contribution in [0, 0.1) is 5.92 Å². The van der Waals surface area contributed by atoms with Crippen molar-refractivity contribution in [2.75, 3.05) is 59.0 Å². The highest BCUT2D eigenvalue weighted by Crippen LogP contribution is 2.20. The highest BCUT2D eigenvalue weighted by molar-refractivity contribution is 5.81. The summed E-state index contributed by atoms with van der Waals surface area (Å²) in [7, 11) is 0. The molecule has 2 N–H and O–H groups in total. The lowest BCUT2D eigenvalue weighted by Gasteiger charge is -2.38. The van der Waals surface area contributed by atoms with Gasteiger partial charge in [-0.25, -0.2) is 0 Å². The van der Waals surface area contributed by atoms with Gasteiger partial charge in [-0.05, 0) is 25.7 Å². The molecule has 162 valence electrons. The lowest BCUT2D eigenvalue weighted by molar-refractivity contribution is -0.129. The van der Waals surface area contributed by atoms with Gasteiger partial charge in [-0.3, -0.25) is 14.7 Å². The second kappa shape index (κ2) is 13.0. The summed E-state index contributed by atoms with van der Waals surface area (Å²) >= 11 is 0. The van der Waals surface area contributed by atoms with Crippen LogP contribution in [0.5, 0.6) is 0 Å². The Morgan fingerprint density at radius 2 is 1.71 bits per heavy atom. The van der Waals surface area contributed by atoms with Crippen LogP contribution in [0.15, 0.2) is 4.99 Å². The molecule has 2 heterocycles. The van der Waals surface area contributed by atoms with E-state index in [1.54, 1.807) is 0 Å². The molecule has 1 amide bonds. The minimum absolute atomic E-state index is 0.254. The van der Waals surface area contributed by atoms with Gasteiger partial charge < -0.3 is 20.3 Å². The van der Waals surface area contributed by atoms with Crippen molar-refractivity contribution in [3.05, 3.63) is 0 Å². The standard InChI is InChI=1S/C21H41N5O2/c1-4-18(5-2)19(25-13-15-28-16-14-25)17-24-21(22-6-3)23-10-9-20(27)26-11-7-8-12-26/h18-19H,4-17H2,1-3H3,(H2,22,23,24). The Labute approximate surface area is 171 Å². The van der Waals surface area contributed by atoms with Gasteiger partial charge in [-0.2, -0.15) is 0 Å². The third-order valence-electron chi connectivity index (χ3n) is 5.98. The monoisotopic (exact) mass is 395 g/mol. The number of carbonyl (C=O) groups excluding carboxylic acids is 1. The topological polar surface area (TPSA) is 69.2 Å². The zero-order valence-corrected chi connectivity index (χ0v) is 18.2. The van der Waals surface area contributed by atoms with E-state index < -0.39 is 0 Å². The van der Waals surface area contributed by atoms with Gasteiger partial charge in [-0.1, -0.05) is 26.7 Å². The van der Waals surface area contributed by atoms with Crippen LogP contribution in [-0.4, -0.2) is 86.7 Å². The van der Waals surface area contributed by atoms with E-state index in [0.717, 1.165) is 71.3 Å². The van der Waals surface area contributed by atoms with Gasteiger partial charge >= 0.3 is 0 Å². The molecule has 0 aromatic heterocycles. The molecule has 0 saturated carbocycles. The van der Waals surface area contributed by atoms with Crippen LogP contribution in [0.4, 0.5) is 0 Å². The first kappa shape index (κ1) is 22.9. The fourth-order valence-electron chi connectivity index (χ4n) is 4.24. The highest BCUT2D eigenvalue weighted by Gasteiger charge is 2.26. The van der Waals surface area contributed by atoms with Crippen LogP contribution in [0.25, 0.3) is 0 Å². The summed E-state index contributed by atoms with van der Waals surface area (Å²) < 4.78 is 5.54. The highest BCUT2D eigenvalue weighted by atomic mass is 16.5. The van der Waals surface area contributed by atoms with E-state index in [9.17, 15) is 4.79 Å². The zero-order chi connectivity index (χ0) is 20.2. The predicted molar refractivity (Wildman–Crippen MR) is 115 cm³/mol. The van der Waals surface area contributed by atoms with Crippen molar-refractivity contribution in [3.63, 3.8) is 0 Å². The number of morpholine rings is 1. The number of nitrogens with one attached hydrogen (secondary N) is 2. The van der Waals surface area contributed by atoms with Gasteiger partial charge in [0, 0.05) is 51.7 Å². The fourth-order valence-corrected chi connectivity index (χ4v) is 4.24. The van der Waals surface area contributed by atoms with Crippen molar-refractivity contribution in [2.45, 2.75) is 58.9 Å². The summed E-state index contributed by atoms with van der Waals surface area (Å²) in [5.41, 5.74) is 0. The zero-order valence-electron chi connectivity index (χ0n) is 18.2. The summed E-state index contributed by atoms with van der Waals surface area (Å²) in [6, 6.07) is 0.445. The number of hydrogen-bond acceptors (Lipinski definition) is 4. The number of rotatable bonds is 10. The van der Waals surface area contributed by atoms with Crippen LogP contribution in [0.1, 0.15) is 52.9 Å². The van der Waals surface area contributed by atoms with Gasteiger partial charge in [0.15, 0.2) is 5.96 Å². The molecular formula is C21H41N5O2. The first-order valence-electron chi connectivity index (χ1n) is 11.3. The number of amides is 1. The largest absolute Gasteiger partial charge is 0.379 e. The van der Waals surface area contributed by atoms with E-state index in [2.05, 4.69) is 36.3 Å². The average molecular weight is 396 g/mol. The molecule has 7 nitrogen and oxygen atoms in total. The van der Waals surface area contributed by atoms with Crippen molar-refractivity contribution >= 4 is 11.9 Å².